The Morgan fingerprint density at radius 1 is 1.16 bits per heavy atom. The van der Waals surface area contributed by atoms with Crippen LogP contribution in [0, 0.1) is 3.57 Å². The molecule has 0 saturated heterocycles. The van der Waals surface area contributed by atoms with Crippen LogP contribution in [-0.4, -0.2) is 44.5 Å². The molecule has 0 atom stereocenters. The normalized spacial score (nSPS) is 11.6. The molecule has 0 aromatic carbocycles. The van der Waals surface area contributed by atoms with Crippen molar-refractivity contribution in [3.05, 3.63) is 16.0 Å². The molecule has 7 heteroatoms. The van der Waals surface area contributed by atoms with E-state index in [1.807, 2.05) is 0 Å². The summed E-state index contributed by atoms with van der Waals surface area (Å²) in [5.74, 6) is 0.544. The maximum Gasteiger partial charge on any atom is 0.222 e. The van der Waals surface area contributed by atoms with Gasteiger partial charge in [0.1, 0.15) is 0 Å². The van der Waals surface area contributed by atoms with Crippen molar-refractivity contribution in [2.45, 2.75) is 38.9 Å². The Bertz CT molecular complexity index is 357. The zero-order valence-corrected chi connectivity index (χ0v) is 14.0. The number of nitrogens with two attached hydrogens (primary N) is 1. The van der Waals surface area contributed by atoms with Gasteiger partial charge in [-0.1, -0.05) is 0 Å². The molecular weight excluding hydrogens is 359 g/mol. The Morgan fingerprint density at radius 2 is 1.58 bits per heavy atom. The van der Waals surface area contributed by atoms with Gasteiger partial charge in [0.25, 0.3) is 0 Å². The van der Waals surface area contributed by atoms with Gasteiger partial charge in [0.15, 0.2) is 0 Å². The van der Waals surface area contributed by atoms with Crippen molar-refractivity contribution in [3.63, 3.8) is 0 Å². The van der Waals surface area contributed by atoms with E-state index >= 15 is 0 Å². The second-order valence-corrected chi connectivity index (χ2v) is 6.65. The van der Waals surface area contributed by atoms with Crippen molar-refractivity contribution < 1.29 is 10.2 Å². The van der Waals surface area contributed by atoms with E-state index in [1.54, 1.807) is 40.1 Å². The molecule has 5 N–H and O–H groups in total. The third kappa shape index (κ3) is 12.3. The second-order valence-electron chi connectivity index (χ2n) is 5.41. The third-order valence-electron chi connectivity index (χ3n) is 1.80. The molecule has 0 spiro atoms. The average molecular weight is 382 g/mol. The third-order valence-corrected chi connectivity index (χ3v) is 2.36. The fourth-order valence-electron chi connectivity index (χ4n) is 0.699. The molecule has 0 radical (unpaired) electrons. The van der Waals surface area contributed by atoms with Gasteiger partial charge in [-0.15, -0.1) is 0 Å². The lowest BCUT2D eigenvalue weighted by Crippen LogP contribution is -2.29. The summed E-state index contributed by atoms with van der Waals surface area (Å²) in [6, 6.07) is 0. The van der Waals surface area contributed by atoms with Crippen LogP contribution in [0.15, 0.2) is 12.4 Å². The van der Waals surface area contributed by atoms with Crippen molar-refractivity contribution in [2.24, 2.45) is 5.73 Å². The van der Waals surface area contributed by atoms with E-state index in [-0.39, 0.29) is 0 Å². The Hall–Kier alpha value is -0.510. The van der Waals surface area contributed by atoms with E-state index in [0.29, 0.717) is 19.0 Å². The fraction of sp³-hybridized carbons (Fsp3) is 0.667. The molecule has 1 rings (SSSR count). The van der Waals surface area contributed by atoms with Crippen molar-refractivity contribution in [3.8, 4) is 0 Å². The number of nitrogens with zero attached hydrogens (tertiary/aromatic N) is 2. The van der Waals surface area contributed by atoms with Gasteiger partial charge >= 0.3 is 0 Å². The summed E-state index contributed by atoms with van der Waals surface area (Å²) in [5, 5.41) is 21.1. The lowest BCUT2D eigenvalue weighted by atomic mass is 10.1. The zero-order valence-electron chi connectivity index (χ0n) is 11.8. The number of rotatable bonds is 4. The second kappa shape index (κ2) is 7.93. The molecule has 0 aliphatic heterocycles. The Labute approximate surface area is 128 Å². The lowest BCUT2D eigenvalue weighted by molar-refractivity contribution is 0.0898. The zero-order chi connectivity index (χ0) is 15.1. The highest BCUT2D eigenvalue weighted by Gasteiger charge is 2.11. The number of halogens is 1. The number of aromatic nitrogens is 2. The molecule has 0 bridgehead atoms. The molecule has 0 amide bonds. The minimum absolute atomic E-state index is 0.326. The van der Waals surface area contributed by atoms with Crippen molar-refractivity contribution >= 4 is 28.5 Å². The molecule has 1 heterocycles. The Balaban J connectivity index is 0.000000459. The summed E-state index contributed by atoms with van der Waals surface area (Å²) in [5.41, 5.74) is 3.63. The lowest BCUT2D eigenvalue weighted by Gasteiger charge is -2.17. The quantitative estimate of drug-likeness (QED) is 0.579. The van der Waals surface area contributed by atoms with Crippen molar-refractivity contribution in [1.29, 1.82) is 0 Å². The number of anilines is 1. The van der Waals surface area contributed by atoms with Crippen molar-refractivity contribution in [2.75, 3.05) is 18.4 Å². The first kappa shape index (κ1) is 18.5. The van der Waals surface area contributed by atoms with Gasteiger partial charge in [-0.2, -0.15) is 0 Å². The van der Waals surface area contributed by atoms with Gasteiger partial charge in [0, 0.05) is 29.1 Å². The smallest absolute Gasteiger partial charge is 0.222 e. The van der Waals surface area contributed by atoms with E-state index in [9.17, 15) is 5.11 Å². The summed E-state index contributed by atoms with van der Waals surface area (Å²) in [6.45, 7) is 7.57. The predicted octanol–water partition coefficient (Wildman–Crippen LogP) is 0.980. The van der Waals surface area contributed by atoms with E-state index in [1.165, 1.54) is 0 Å². The highest BCUT2D eigenvalue weighted by molar-refractivity contribution is 14.1. The van der Waals surface area contributed by atoms with E-state index in [4.69, 9.17) is 10.8 Å². The van der Waals surface area contributed by atoms with Crippen LogP contribution in [0.4, 0.5) is 5.95 Å². The van der Waals surface area contributed by atoms with E-state index in [0.717, 1.165) is 3.57 Å². The first-order valence-electron chi connectivity index (χ1n) is 5.90. The molecule has 0 unspecified atom stereocenters. The number of hydrogen-bond acceptors (Lipinski definition) is 6. The minimum Gasteiger partial charge on any atom is -0.389 e. The molecular formula is C12H23IN4O2. The van der Waals surface area contributed by atoms with Gasteiger partial charge in [-0.3, -0.25) is 0 Å². The highest BCUT2D eigenvalue weighted by atomic mass is 127. The van der Waals surface area contributed by atoms with Crippen LogP contribution in [0.25, 0.3) is 0 Å². The first-order chi connectivity index (χ1) is 8.53. The number of nitrogens with one attached hydrogen (secondary N) is 1. The molecule has 0 aliphatic carbocycles. The average Bonchev–Trinajstić information content (AvgIpc) is 2.27. The summed E-state index contributed by atoms with van der Waals surface area (Å²) >= 11 is 2.14. The predicted molar refractivity (Wildman–Crippen MR) is 84.9 cm³/mol. The first-order valence-corrected chi connectivity index (χ1v) is 6.97. The minimum atomic E-state index is -0.744. The van der Waals surface area contributed by atoms with Crippen molar-refractivity contribution in [1.82, 2.24) is 9.97 Å². The molecule has 0 saturated carbocycles. The summed E-state index contributed by atoms with van der Waals surface area (Å²) in [4.78, 5) is 8.08. The van der Waals surface area contributed by atoms with Crippen LogP contribution in [-0.2, 0) is 0 Å². The standard InChI is InChI=1S/C8H12IN3O.C4H11NO/c1-8(2,13)5-12-7-10-3-6(9)4-11-7;1-4(2,6)3-5/h3-4,13H,5H2,1-2H3,(H,10,11,12);6H,3,5H2,1-2H3. The van der Waals surface area contributed by atoms with Gasteiger partial charge in [0.2, 0.25) is 5.95 Å². The summed E-state index contributed by atoms with van der Waals surface area (Å²) in [6.07, 6.45) is 3.44. The summed E-state index contributed by atoms with van der Waals surface area (Å²) < 4.78 is 0.992. The number of hydrogen-bond donors (Lipinski definition) is 4. The Kier molecular flexibility index (Phi) is 7.72. The van der Waals surface area contributed by atoms with Gasteiger partial charge < -0.3 is 21.3 Å². The summed E-state index contributed by atoms with van der Waals surface area (Å²) in [7, 11) is 0. The van der Waals surface area contributed by atoms with Crippen LogP contribution in [0.1, 0.15) is 27.7 Å². The van der Waals surface area contributed by atoms with Crippen LogP contribution in [0.2, 0.25) is 0 Å². The van der Waals surface area contributed by atoms with Crippen LogP contribution in [0.5, 0.6) is 0 Å². The van der Waals surface area contributed by atoms with Crippen LogP contribution in [0.3, 0.4) is 0 Å². The molecule has 1 aromatic heterocycles. The number of aliphatic hydroxyl groups is 2. The Morgan fingerprint density at radius 3 is 1.89 bits per heavy atom. The molecule has 110 valence electrons. The monoisotopic (exact) mass is 382 g/mol. The fourth-order valence-corrected chi connectivity index (χ4v) is 0.977. The molecule has 0 aliphatic rings. The van der Waals surface area contributed by atoms with Gasteiger partial charge in [-0.25, -0.2) is 9.97 Å². The van der Waals surface area contributed by atoms with Crippen LogP contribution < -0.4 is 11.1 Å². The molecule has 0 fully saturated rings. The van der Waals surface area contributed by atoms with E-state index < -0.39 is 11.2 Å². The SMILES string of the molecule is CC(C)(O)CN.CC(C)(O)CNc1ncc(I)cn1. The molecule has 1 aromatic rings. The molecule has 6 nitrogen and oxygen atoms in total. The maximum atomic E-state index is 9.41. The largest absolute Gasteiger partial charge is 0.389 e. The maximum absolute atomic E-state index is 9.41. The highest BCUT2D eigenvalue weighted by Crippen LogP contribution is 2.05. The van der Waals surface area contributed by atoms with Gasteiger partial charge in [0.05, 0.1) is 11.2 Å². The molecule has 19 heavy (non-hydrogen) atoms. The van der Waals surface area contributed by atoms with Gasteiger partial charge in [-0.05, 0) is 50.3 Å². The topological polar surface area (TPSA) is 104 Å². The van der Waals surface area contributed by atoms with E-state index in [2.05, 4.69) is 37.9 Å². The van der Waals surface area contributed by atoms with Crippen LogP contribution >= 0.6 is 22.6 Å².